The van der Waals surface area contributed by atoms with E-state index in [9.17, 15) is 9.59 Å². The fraction of sp³-hybridized carbons (Fsp3) is 0.132. The van der Waals surface area contributed by atoms with E-state index in [4.69, 9.17) is 15.7 Å². The van der Waals surface area contributed by atoms with Crippen LogP contribution in [0.1, 0.15) is 31.1 Å². The third-order valence-corrected chi connectivity index (χ3v) is 9.39. The van der Waals surface area contributed by atoms with Crippen LogP contribution in [-0.2, 0) is 4.74 Å². The summed E-state index contributed by atoms with van der Waals surface area (Å²) in [6, 6.07) is 18.9. The average molecular weight is 784 g/mol. The topological polar surface area (TPSA) is 212 Å². The summed E-state index contributed by atoms with van der Waals surface area (Å²) in [4.78, 5) is 32.6. The smallest absolute Gasteiger partial charge is 0.435 e. The van der Waals surface area contributed by atoms with Crippen molar-refractivity contribution in [2.75, 3.05) is 11.9 Å². The minimum atomic E-state index is -0.564. The number of ketones is 1. The van der Waals surface area contributed by atoms with Crippen LogP contribution in [-0.4, -0.2) is 73.0 Å². The normalized spacial score (nSPS) is 11.1. The highest BCUT2D eigenvalue weighted by atomic mass is 32.2. The van der Waals surface area contributed by atoms with Crippen molar-refractivity contribution in [2.24, 2.45) is 5.73 Å². The summed E-state index contributed by atoms with van der Waals surface area (Å²) >= 11 is 2.57. The number of fused-ring (bicyclic) bond motifs is 4. The molecule has 56 heavy (non-hydrogen) atoms. The lowest BCUT2D eigenvalue weighted by Crippen LogP contribution is -2.27. The number of aromatic nitrogens is 10. The second-order valence-corrected chi connectivity index (χ2v) is 14.8. The molecular formula is C38H33N13O3S2. The third-order valence-electron chi connectivity index (χ3n) is 7.94. The molecular weight excluding hydrogens is 751 g/mol. The summed E-state index contributed by atoms with van der Waals surface area (Å²) in [6.07, 6.45) is 13.8. The van der Waals surface area contributed by atoms with Gasteiger partial charge in [0.05, 0.1) is 41.1 Å². The number of anilines is 2. The lowest BCUT2D eigenvalue weighted by molar-refractivity contribution is 0.0522. The predicted octanol–water partition coefficient (Wildman–Crippen LogP) is 7.34. The van der Waals surface area contributed by atoms with Gasteiger partial charge in [0.2, 0.25) is 5.13 Å². The maximum Gasteiger partial charge on any atom is 0.435 e. The molecule has 9 rings (SSSR count). The number of hydrogen-bond acceptors (Lipinski definition) is 14. The van der Waals surface area contributed by atoms with Crippen molar-refractivity contribution in [1.82, 2.24) is 48.9 Å². The summed E-state index contributed by atoms with van der Waals surface area (Å²) in [5.41, 5.74) is 10.4. The van der Waals surface area contributed by atoms with Crippen molar-refractivity contribution in [2.45, 2.75) is 31.3 Å². The van der Waals surface area contributed by atoms with E-state index >= 15 is 0 Å². The molecule has 0 saturated carbocycles. The first-order valence-corrected chi connectivity index (χ1v) is 18.6. The highest BCUT2D eigenvalue weighted by molar-refractivity contribution is 8.03. The number of aromatic amines is 1. The molecule has 0 saturated heterocycles. The van der Waals surface area contributed by atoms with E-state index in [2.05, 4.69) is 40.8 Å². The van der Waals surface area contributed by atoms with Crippen molar-refractivity contribution < 1.29 is 14.3 Å². The lowest BCUT2D eigenvalue weighted by atomic mass is 10.2. The number of carbonyl (C=O) groups excluding carboxylic acids is 2. The fourth-order valence-corrected chi connectivity index (χ4v) is 6.71. The molecule has 0 fully saturated rings. The maximum absolute atomic E-state index is 12.0. The molecule has 0 spiro atoms. The highest BCUT2D eigenvalue weighted by Crippen LogP contribution is 2.31. The molecule has 0 unspecified atom stereocenters. The van der Waals surface area contributed by atoms with Gasteiger partial charge in [0, 0.05) is 58.5 Å². The summed E-state index contributed by atoms with van der Waals surface area (Å²) in [5.74, 6) is -0.0863. The molecule has 280 valence electrons. The number of H-pyrrole nitrogens is 1. The molecule has 16 nitrogen and oxygen atoms in total. The quantitative estimate of drug-likeness (QED) is 0.0857. The van der Waals surface area contributed by atoms with Gasteiger partial charge in [-0.15, -0.1) is 10.2 Å². The first kappa shape index (κ1) is 37.4. The van der Waals surface area contributed by atoms with E-state index in [1.165, 1.54) is 16.0 Å². The van der Waals surface area contributed by atoms with Crippen LogP contribution in [0.15, 0.2) is 115 Å². The van der Waals surface area contributed by atoms with Crippen molar-refractivity contribution >= 4 is 78.9 Å². The van der Waals surface area contributed by atoms with Gasteiger partial charge in [-0.25, -0.2) is 14.8 Å². The Kier molecular flexibility index (Phi) is 10.8. The number of carbonyl (C=O) groups is 2. The number of imidazole rings is 2. The third kappa shape index (κ3) is 8.39. The largest absolute Gasteiger partial charge is 0.442 e. The molecule has 0 radical (unpaired) electrons. The Morgan fingerprint density at radius 1 is 0.946 bits per heavy atom. The molecule has 0 amide bonds. The zero-order chi connectivity index (χ0) is 39.2. The van der Waals surface area contributed by atoms with E-state index in [0.717, 1.165) is 60.0 Å². The number of nitriles is 1. The summed E-state index contributed by atoms with van der Waals surface area (Å²) in [6.45, 7) is 5.43. The number of thioether (sulfide) groups is 1. The lowest BCUT2D eigenvalue weighted by Gasteiger charge is -2.19. The molecule has 0 bridgehead atoms. The molecule has 0 aliphatic carbocycles. The number of pyridine rings is 2. The molecule has 0 atom stereocenters. The second kappa shape index (κ2) is 16.2. The van der Waals surface area contributed by atoms with Gasteiger partial charge >= 0.3 is 6.09 Å². The number of rotatable bonds is 6. The zero-order valence-electron chi connectivity index (χ0n) is 30.2. The van der Waals surface area contributed by atoms with Crippen LogP contribution < -0.4 is 11.1 Å². The summed E-state index contributed by atoms with van der Waals surface area (Å²) in [5, 5.41) is 36.9. The summed E-state index contributed by atoms with van der Waals surface area (Å²) in [7, 11) is 0. The van der Waals surface area contributed by atoms with Gasteiger partial charge in [0.25, 0.3) is 0 Å². The summed E-state index contributed by atoms with van der Waals surface area (Å²) < 4.78 is 10.3. The molecule has 0 aliphatic rings. The van der Waals surface area contributed by atoms with Crippen LogP contribution in [0.25, 0.3) is 43.7 Å². The molecule has 4 N–H and O–H groups in total. The number of benzene rings is 2. The van der Waals surface area contributed by atoms with Gasteiger partial charge in [-0.1, -0.05) is 11.3 Å². The Morgan fingerprint density at radius 2 is 1.71 bits per heavy atom. The van der Waals surface area contributed by atoms with E-state index in [-0.39, 0.29) is 12.3 Å². The Labute approximate surface area is 327 Å². The van der Waals surface area contributed by atoms with Crippen LogP contribution >= 0.6 is 23.1 Å². The number of nitrogens with two attached hydrogens (primary N) is 1. The van der Waals surface area contributed by atoms with Gasteiger partial charge in [-0.3, -0.25) is 9.89 Å². The first-order chi connectivity index (χ1) is 27.1. The number of Topliss-reactive ketones (excluding diaryl/α,β-unsaturated/α-hetero) is 1. The van der Waals surface area contributed by atoms with E-state index in [1.54, 1.807) is 80.4 Å². The van der Waals surface area contributed by atoms with Crippen LogP contribution in [0.3, 0.4) is 0 Å². The Balaban J connectivity index is 0.000000135. The van der Waals surface area contributed by atoms with Crippen LogP contribution in [0.2, 0.25) is 0 Å². The molecule has 7 aromatic heterocycles. The van der Waals surface area contributed by atoms with Crippen molar-refractivity contribution in [3.63, 3.8) is 0 Å². The SMILES string of the molecule is CC(C)(C)OC(=O)n1ncc2cc(SC#N)ccc21.NCC(=O)c1cccn2ccnc12.c1cc(-c2nnc(Nc3ccc4[nH]ncc4c3)s2)c2nccn2c1. The van der Waals surface area contributed by atoms with Gasteiger partial charge in [-0.2, -0.15) is 20.1 Å². The molecule has 7 heterocycles. The Bertz CT molecular complexity index is 2860. The number of nitrogens with one attached hydrogen (secondary N) is 2. The Hall–Kier alpha value is -6.94. The molecule has 18 heteroatoms. The first-order valence-electron chi connectivity index (χ1n) is 17.0. The minimum absolute atomic E-state index is 0.0204. The van der Waals surface area contributed by atoms with Crippen molar-refractivity contribution in [3.05, 3.63) is 116 Å². The number of thiocyanates is 1. The van der Waals surface area contributed by atoms with E-state index in [1.807, 2.05) is 64.8 Å². The number of ether oxygens (including phenoxy) is 1. The number of nitrogens with zero attached hydrogens (tertiary/aromatic N) is 10. The Morgan fingerprint density at radius 3 is 2.48 bits per heavy atom. The van der Waals surface area contributed by atoms with Crippen LogP contribution in [0.4, 0.5) is 15.6 Å². The van der Waals surface area contributed by atoms with E-state index in [0.29, 0.717) is 16.7 Å². The highest BCUT2D eigenvalue weighted by Gasteiger charge is 2.20. The standard InChI is InChI=1S/C16H11N7S.C13H13N3O2S.C9H9N3O/c1-2-12(14-17-5-7-23(14)6-1)15-21-22-16(24-15)19-11-3-4-13-10(8-11)9-18-20-13;1-13(2,3)18-12(17)16-11-5-4-10(19-8-14)6-9(11)7-15-16;10-6-8(13)7-2-1-4-12-5-3-11-9(7)12/h1-9H,(H,18,20)(H,19,22);4-7H,1-3H3;1-5H,6,10H2. The van der Waals surface area contributed by atoms with E-state index < -0.39 is 11.7 Å². The molecule has 9 aromatic rings. The minimum Gasteiger partial charge on any atom is -0.442 e. The van der Waals surface area contributed by atoms with Crippen molar-refractivity contribution in [1.29, 1.82) is 5.26 Å². The monoisotopic (exact) mass is 783 g/mol. The molecule has 0 aliphatic heterocycles. The van der Waals surface area contributed by atoms with Crippen LogP contribution in [0.5, 0.6) is 0 Å². The average Bonchev–Trinajstić information content (AvgIpc) is 4.04. The fourth-order valence-electron chi connectivity index (χ4n) is 5.50. The predicted molar refractivity (Wildman–Crippen MR) is 215 cm³/mol. The number of hydrogen-bond donors (Lipinski definition) is 3. The second-order valence-electron chi connectivity index (χ2n) is 12.9. The van der Waals surface area contributed by atoms with Crippen molar-refractivity contribution in [3.8, 4) is 16.0 Å². The van der Waals surface area contributed by atoms with Crippen LogP contribution in [0, 0.1) is 10.7 Å². The zero-order valence-corrected chi connectivity index (χ0v) is 31.8. The maximum atomic E-state index is 12.0. The van der Waals surface area contributed by atoms with Gasteiger partial charge in [0.15, 0.2) is 10.8 Å². The van der Waals surface area contributed by atoms with Gasteiger partial charge in [-0.05, 0) is 93.2 Å². The van der Waals surface area contributed by atoms with Gasteiger partial charge < -0.3 is 24.6 Å². The molecule has 2 aromatic carbocycles. The van der Waals surface area contributed by atoms with Gasteiger partial charge in [0.1, 0.15) is 22.3 Å².